The smallest absolute Gasteiger partial charge is 0.383 e. The number of imide groups is 2. The van der Waals surface area contributed by atoms with Gasteiger partial charge in [0.25, 0.3) is 17.7 Å². The minimum absolute atomic E-state index is 0.0213. The van der Waals surface area contributed by atoms with Crippen LogP contribution in [-0.4, -0.2) is 122 Å². The monoisotopic (exact) mass is 1000 g/mol. The van der Waals surface area contributed by atoms with Gasteiger partial charge < -0.3 is 30.9 Å². The van der Waals surface area contributed by atoms with E-state index in [1.54, 1.807) is 41.4 Å². The summed E-state index contributed by atoms with van der Waals surface area (Å²) in [5.41, 5.74) is 9.46. The Morgan fingerprint density at radius 3 is 2.48 bits per heavy atom. The Bertz CT molecular complexity index is 3100. The highest BCUT2D eigenvalue weighted by Crippen LogP contribution is 2.40. The number of hydrogen-bond donors (Lipinski definition) is 4. The number of amides is 7. The summed E-state index contributed by atoms with van der Waals surface area (Å²) in [4.78, 5) is 104. The van der Waals surface area contributed by atoms with Crippen molar-refractivity contribution >= 4 is 75.7 Å². The predicted molar refractivity (Wildman–Crippen MR) is 259 cm³/mol. The number of hydrogen-bond acceptors (Lipinski definition) is 13. The lowest BCUT2D eigenvalue weighted by atomic mass is 9.90. The van der Waals surface area contributed by atoms with Gasteiger partial charge in [0.2, 0.25) is 23.6 Å². The molecule has 22 heteroatoms. The van der Waals surface area contributed by atoms with Crippen LogP contribution in [0.4, 0.5) is 30.5 Å². The molecule has 5 aliphatic rings. The molecular formula is C51H50F3N11O8. The maximum atomic E-state index is 13.9. The molecule has 1 aliphatic carbocycles. The molecule has 2 aromatic carbocycles. The molecule has 2 bridgehead atoms. The topological polar surface area (TPSA) is 244 Å². The van der Waals surface area contributed by atoms with Crippen LogP contribution >= 0.6 is 0 Å². The van der Waals surface area contributed by atoms with Gasteiger partial charge in [0.05, 0.1) is 39.7 Å². The highest BCUT2D eigenvalue weighted by Gasteiger charge is 2.45. The Balaban J connectivity index is 0.822. The lowest BCUT2D eigenvalue weighted by molar-refractivity contribution is -0.139. The summed E-state index contributed by atoms with van der Waals surface area (Å²) in [5, 5.41) is 13.5. The summed E-state index contributed by atoms with van der Waals surface area (Å²) >= 11 is 0. The third-order valence-electron chi connectivity index (χ3n) is 14.1. The Hall–Kier alpha value is -8.01. The van der Waals surface area contributed by atoms with Gasteiger partial charge in [0.15, 0.2) is 0 Å². The van der Waals surface area contributed by atoms with Gasteiger partial charge in [-0.1, -0.05) is 24.3 Å². The van der Waals surface area contributed by atoms with Crippen LogP contribution in [-0.2, 0) is 30.1 Å². The maximum absolute atomic E-state index is 13.9. The second-order valence-electron chi connectivity index (χ2n) is 18.8. The number of carbonyl (C=O) groups is 7. The minimum Gasteiger partial charge on any atom is -0.383 e. The fraction of sp³-hybridized carbons (Fsp3) is 0.373. The van der Waals surface area contributed by atoms with Crippen LogP contribution in [0.25, 0.3) is 28.2 Å². The Kier molecular flexibility index (Phi) is 13.2. The Labute approximate surface area is 415 Å². The molecule has 73 heavy (non-hydrogen) atoms. The van der Waals surface area contributed by atoms with Gasteiger partial charge in [-0.3, -0.25) is 48.5 Å². The number of halogens is 3. The van der Waals surface area contributed by atoms with E-state index in [0.717, 1.165) is 53.6 Å². The van der Waals surface area contributed by atoms with Gasteiger partial charge in [0, 0.05) is 79.8 Å². The molecule has 378 valence electrons. The van der Waals surface area contributed by atoms with Gasteiger partial charge in [-0.25, -0.2) is 9.97 Å². The summed E-state index contributed by atoms with van der Waals surface area (Å²) in [6, 6.07) is 11.6. The SMILES string of the molecule is Nc1ncc2c3c1c(-c1ccc(C(=O)Nc4cc(C(F)(F)F)ccn4)cc1)nn3[C@@H]1CCC[C@H](C1)NC(=O)CCN(C(=O)CO[C@@H]1CCN(c3ccc4c(c3)C(=O)N(C3CCC(=O)NC3=O)C4=O)C1)CC/C=C/2. The van der Waals surface area contributed by atoms with E-state index in [1.807, 2.05) is 21.7 Å². The summed E-state index contributed by atoms with van der Waals surface area (Å²) in [6.07, 6.45) is 5.61. The number of benzene rings is 2. The number of piperidine rings is 1. The molecule has 4 atom stereocenters. The number of anilines is 3. The number of nitrogens with zero attached hydrogens (tertiary/aromatic N) is 7. The van der Waals surface area contributed by atoms with Gasteiger partial charge in [-0.05, 0) is 87.4 Å². The minimum atomic E-state index is -4.61. The molecule has 7 amide bonds. The molecule has 3 aromatic heterocycles. The number of ether oxygens (including phenoxy) is 1. The number of carbonyl (C=O) groups excluding carboxylic acids is 7. The Morgan fingerprint density at radius 1 is 0.877 bits per heavy atom. The van der Waals surface area contributed by atoms with Crippen molar-refractivity contribution in [2.75, 3.05) is 48.7 Å². The van der Waals surface area contributed by atoms with Crippen LogP contribution in [0.1, 0.15) is 106 Å². The van der Waals surface area contributed by atoms with Crippen molar-refractivity contribution in [1.29, 1.82) is 0 Å². The summed E-state index contributed by atoms with van der Waals surface area (Å²) < 4.78 is 48.0. The zero-order valence-electron chi connectivity index (χ0n) is 39.3. The lowest BCUT2D eigenvalue weighted by Gasteiger charge is -2.31. The van der Waals surface area contributed by atoms with E-state index in [1.165, 1.54) is 12.1 Å². The highest BCUT2D eigenvalue weighted by atomic mass is 19.4. The average Bonchev–Trinajstić information content (AvgIpc) is 4.08. The van der Waals surface area contributed by atoms with Crippen molar-refractivity contribution in [2.24, 2.45) is 0 Å². The largest absolute Gasteiger partial charge is 0.416 e. The molecule has 2 saturated heterocycles. The van der Waals surface area contributed by atoms with Crippen molar-refractivity contribution in [3.63, 3.8) is 0 Å². The number of nitrogen functional groups attached to an aromatic ring is 1. The number of rotatable bonds is 8. The fourth-order valence-electron chi connectivity index (χ4n) is 10.3. The van der Waals surface area contributed by atoms with Crippen LogP contribution in [0.3, 0.4) is 0 Å². The number of nitrogens with two attached hydrogens (primary N) is 1. The van der Waals surface area contributed by atoms with Crippen LogP contribution in [0, 0.1) is 0 Å². The molecule has 3 fully saturated rings. The van der Waals surface area contributed by atoms with Crippen molar-refractivity contribution in [2.45, 2.75) is 88.2 Å². The number of alkyl halides is 3. The average molecular weight is 1000 g/mol. The number of fused-ring (bicyclic) bond motifs is 4. The standard InChI is InChI=1S/C51H50F3N11O8/c52-51(53,54)31-15-18-56-39(22-31)59-47(69)29-9-7-28(8-10-29)44-43-45-30(25-57-46(43)55)4-1-2-19-62(21-17-41(67)58-32-5-3-6-34(23-32)65(45)61-44)42(68)27-73-35-16-20-63(26-35)33-11-12-36-37(24-33)50(72)64(49(36)71)38-13-14-40(66)60-48(38)70/h1,4,7-12,15,18,22,24-25,32,34-35,38H,2-3,5-6,13-14,16-17,19-21,23,26-27H2,(H2,55,57)(H,58,67)(H,56,59,69)(H,60,66,70)/b4-1+/t32-,34-,35-,38?/m1/s1. The zero-order valence-corrected chi connectivity index (χ0v) is 39.3. The second kappa shape index (κ2) is 19.9. The van der Waals surface area contributed by atoms with Crippen molar-refractivity contribution in [3.05, 3.63) is 101 Å². The normalized spacial score (nSPS) is 22.1. The van der Waals surface area contributed by atoms with Crippen molar-refractivity contribution in [1.82, 2.24) is 40.2 Å². The molecule has 0 spiro atoms. The van der Waals surface area contributed by atoms with Gasteiger partial charge >= 0.3 is 6.18 Å². The van der Waals surface area contributed by atoms with Crippen molar-refractivity contribution in [3.8, 4) is 11.3 Å². The molecule has 4 aliphatic heterocycles. The van der Waals surface area contributed by atoms with E-state index < -0.39 is 47.3 Å². The molecule has 19 nitrogen and oxygen atoms in total. The van der Waals surface area contributed by atoms with E-state index >= 15 is 0 Å². The van der Waals surface area contributed by atoms with Crippen LogP contribution in [0.2, 0.25) is 0 Å². The molecular weight excluding hydrogens is 952 g/mol. The van der Waals surface area contributed by atoms with E-state index in [-0.39, 0.29) is 97.3 Å². The summed E-state index contributed by atoms with van der Waals surface area (Å²) in [6.45, 7) is 1.20. The third kappa shape index (κ3) is 9.98. The molecule has 1 saturated carbocycles. The Morgan fingerprint density at radius 2 is 1.68 bits per heavy atom. The van der Waals surface area contributed by atoms with Crippen LogP contribution in [0.15, 0.2) is 73.1 Å². The highest BCUT2D eigenvalue weighted by molar-refractivity contribution is 6.23. The number of aromatic nitrogens is 4. The van der Waals surface area contributed by atoms with E-state index in [9.17, 15) is 46.7 Å². The molecule has 1 unspecified atom stereocenters. The summed E-state index contributed by atoms with van der Waals surface area (Å²) in [5.74, 6) is -3.47. The van der Waals surface area contributed by atoms with Gasteiger partial charge in [0.1, 0.15) is 30.0 Å². The van der Waals surface area contributed by atoms with Gasteiger partial charge in [-0.2, -0.15) is 18.3 Å². The van der Waals surface area contributed by atoms with E-state index in [4.69, 9.17) is 15.6 Å². The van der Waals surface area contributed by atoms with E-state index in [0.29, 0.717) is 54.7 Å². The van der Waals surface area contributed by atoms with Crippen LogP contribution < -0.4 is 26.6 Å². The number of pyridine rings is 2. The third-order valence-corrected chi connectivity index (χ3v) is 14.1. The quantitative estimate of drug-likeness (QED) is 0.145. The first kappa shape index (κ1) is 48.6. The lowest BCUT2D eigenvalue weighted by Crippen LogP contribution is -2.54. The maximum Gasteiger partial charge on any atom is 0.416 e. The second-order valence-corrected chi connectivity index (χ2v) is 18.8. The first-order valence-corrected chi connectivity index (χ1v) is 24.2. The molecule has 5 N–H and O–H groups in total. The predicted octanol–water partition coefficient (Wildman–Crippen LogP) is 5.28. The molecule has 5 aromatic rings. The van der Waals surface area contributed by atoms with E-state index in [2.05, 4.69) is 25.9 Å². The molecule has 7 heterocycles. The first-order chi connectivity index (χ1) is 35.1. The van der Waals surface area contributed by atoms with Crippen molar-refractivity contribution < 1.29 is 51.5 Å². The fourth-order valence-corrected chi connectivity index (χ4v) is 10.3. The van der Waals surface area contributed by atoms with Gasteiger partial charge in [-0.15, -0.1) is 0 Å². The summed E-state index contributed by atoms with van der Waals surface area (Å²) in [7, 11) is 0. The number of nitrogens with one attached hydrogen (secondary N) is 3. The zero-order chi connectivity index (χ0) is 51.1. The molecule has 0 radical (unpaired) electrons. The first-order valence-electron chi connectivity index (χ1n) is 24.2. The molecule has 10 rings (SSSR count). The van der Waals surface area contributed by atoms with Crippen LogP contribution in [0.5, 0.6) is 0 Å².